The van der Waals surface area contributed by atoms with E-state index < -0.39 is 5.82 Å². The first-order valence-corrected chi connectivity index (χ1v) is 11.6. The van der Waals surface area contributed by atoms with Gasteiger partial charge in [0.15, 0.2) is 0 Å². The Bertz CT molecular complexity index is 1210. The Labute approximate surface area is 201 Å². The van der Waals surface area contributed by atoms with Gasteiger partial charge in [0.05, 0.1) is 15.6 Å². The number of carbonyl (C=O) groups excluding carboxylic acids is 1. The van der Waals surface area contributed by atoms with Gasteiger partial charge in [0.1, 0.15) is 5.82 Å². The molecular formula is C25H20Cl3FN2O. The lowest BCUT2D eigenvalue weighted by atomic mass is 9.74. The van der Waals surface area contributed by atoms with E-state index >= 15 is 0 Å². The normalized spacial score (nSPS) is 17.0. The van der Waals surface area contributed by atoms with E-state index in [1.807, 2.05) is 30.3 Å². The minimum absolute atomic E-state index is 0.0821. The summed E-state index contributed by atoms with van der Waals surface area (Å²) in [5, 5.41) is 1.70. The third-order valence-corrected chi connectivity index (χ3v) is 7.59. The highest BCUT2D eigenvalue weighted by molar-refractivity contribution is 6.42. The molecule has 2 heterocycles. The number of piperidine rings is 1. The van der Waals surface area contributed by atoms with Crippen molar-refractivity contribution in [1.29, 1.82) is 0 Å². The molecule has 0 saturated carbocycles. The Hall–Kier alpha value is -2.27. The lowest BCUT2D eigenvalue weighted by molar-refractivity contribution is 0.0979. The van der Waals surface area contributed by atoms with E-state index in [9.17, 15) is 9.18 Å². The van der Waals surface area contributed by atoms with Crippen molar-refractivity contribution < 1.29 is 9.18 Å². The summed E-state index contributed by atoms with van der Waals surface area (Å²) < 4.78 is 14.4. The zero-order valence-electron chi connectivity index (χ0n) is 17.1. The number of anilines is 2. The average molecular weight is 490 g/mol. The van der Waals surface area contributed by atoms with E-state index in [2.05, 4.69) is 4.90 Å². The van der Waals surface area contributed by atoms with Crippen LogP contribution >= 0.6 is 34.8 Å². The molecule has 1 fully saturated rings. The van der Waals surface area contributed by atoms with Crippen molar-refractivity contribution in [3.05, 3.63) is 92.7 Å². The van der Waals surface area contributed by atoms with E-state index in [0.717, 1.165) is 42.9 Å². The van der Waals surface area contributed by atoms with Crippen LogP contribution in [0.5, 0.6) is 0 Å². The van der Waals surface area contributed by atoms with Crippen molar-refractivity contribution in [2.75, 3.05) is 29.4 Å². The van der Waals surface area contributed by atoms with Gasteiger partial charge in [-0.2, -0.15) is 0 Å². The third kappa shape index (κ3) is 3.64. The van der Waals surface area contributed by atoms with Gasteiger partial charge >= 0.3 is 0 Å². The van der Waals surface area contributed by atoms with Crippen LogP contribution in [0.2, 0.25) is 15.1 Å². The van der Waals surface area contributed by atoms with Gasteiger partial charge in [0.2, 0.25) is 0 Å². The minimum atomic E-state index is -0.511. The first-order valence-electron chi connectivity index (χ1n) is 10.4. The summed E-state index contributed by atoms with van der Waals surface area (Å²) in [7, 11) is 0. The van der Waals surface area contributed by atoms with Crippen molar-refractivity contribution in [2.24, 2.45) is 0 Å². The van der Waals surface area contributed by atoms with Crippen LogP contribution in [0.4, 0.5) is 15.8 Å². The van der Waals surface area contributed by atoms with Gasteiger partial charge in [-0.3, -0.25) is 4.79 Å². The molecule has 1 saturated heterocycles. The molecule has 164 valence electrons. The number of halogens is 4. The second-order valence-corrected chi connectivity index (χ2v) is 9.65. The Balaban J connectivity index is 1.45. The Kier molecular flexibility index (Phi) is 5.56. The van der Waals surface area contributed by atoms with Gasteiger partial charge in [-0.25, -0.2) is 4.39 Å². The molecule has 32 heavy (non-hydrogen) atoms. The smallest absolute Gasteiger partial charge is 0.261 e. The summed E-state index contributed by atoms with van der Waals surface area (Å²) >= 11 is 18.6. The Morgan fingerprint density at radius 1 is 0.906 bits per heavy atom. The first kappa shape index (κ1) is 21.6. The molecule has 1 spiro atoms. The van der Waals surface area contributed by atoms with Crippen LogP contribution in [-0.2, 0) is 5.41 Å². The molecule has 3 aromatic rings. The van der Waals surface area contributed by atoms with Crippen LogP contribution in [0.3, 0.4) is 0 Å². The van der Waals surface area contributed by atoms with Crippen LogP contribution in [0, 0.1) is 5.82 Å². The topological polar surface area (TPSA) is 23.6 Å². The second-order valence-electron chi connectivity index (χ2n) is 8.40. The molecule has 5 rings (SSSR count). The predicted octanol–water partition coefficient (Wildman–Crippen LogP) is 6.98. The van der Waals surface area contributed by atoms with E-state index in [0.29, 0.717) is 21.6 Å². The molecular weight excluding hydrogens is 470 g/mol. The average Bonchev–Trinajstić information content (AvgIpc) is 3.09. The molecule has 0 unspecified atom stereocenters. The quantitative estimate of drug-likeness (QED) is 0.387. The predicted molar refractivity (Wildman–Crippen MR) is 129 cm³/mol. The summed E-state index contributed by atoms with van der Waals surface area (Å²) in [6.07, 6.45) is 1.67. The molecule has 0 N–H and O–H groups in total. The van der Waals surface area contributed by atoms with Gasteiger partial charge in [-0.1, -0.05) is 46.9 Å². The number of benzene rings is 3. The van der Waals surface area contributed by atoms with Crippen molar-refractivity contribution >= 4 is 52.1 Å². The number of carbonyl (C=O) groups is 1. The number of hydrogen-bond donors (Lipinski definition) is 0. The fourth-order valence-electron chi connectivity index (χ4n) is 4.90. The summed E-state index contributed by atoms with van der Waals surface area (Å²) in [6, 6.07) is 17.4. The van der Waals surface area contributed by atoms with Crippen LogP contribution in [0.1, 0.15) is 28.8 Å². The molecule has 3 nitrogen and oxygen atoms in total. The highest BCUT2D eigenvalue weighted by Gasteiger charge is 2.47. The highest BCUT2D eigenvalue weighted by atomic mass is 35.5. The number of hydrogen-bond acceptors (Lipinski definition) is 2. The van der Waals surface area contributed by atoms with Gasteiger partial charge in [-0.15, -0.1) is 0 Å². The first-order chi connectivity index (χ1) is 15.4. The molecule has 7 heteroatoms. The molecule has 0 radical (unpaired) electrons. The second kappa shape index (κ2) is 8.26. The van der Waals surface area contributed by atoms with E-state index in [4.69, 9.17) is 34.8 Å². The van der Waals surface area contributed by atoms with Crippen molar-refractivity contribution in [3.63, 3.8) is 0 Å². The van der Waals surface area contributed by atoms with Gasteiger partial charge < -0.3 is 9.80 Å². The van der Waals surface area contributed by atoms with E-state index in [1.54, 1.807) is 23.1 Å². The Morgan fingerprint density at radius 3 is 2.38 bits per heavy atom. The molecule has 3 aromatic carbocycles. The number of amides is 1. The SMILES string of the molecule is O=C(c1ccccc1F)N1CC2(CCN(c3ccc(Cl)c(Cl)c3)CC2)c2cc(Cl)ccc21. The van der Waals surface area contributed by atoms with E-state index in [1.165, 1.54) is 12.1 Å². The molecule has 2 aliphatic rings. The zero-order chi connectivity index (χ0) is 22.5. The lowest BCUT2D eigenvalue weighted by Crippen LogP contribution is -2.46. The van der Waals surface area contributed by atoms with Crippen LogP contribution in [0.25, 0.3) is 0 Å². The molecule has 0 aromatic heterocycles. The van der Waals surface area contributed by atoms with Crippen LogP contribution in [-0.4, -0.2) is 25.5 Å². The maximum absolute atomic E-state index is 14.4. The largest absolute Gasteiger partial charge is 0.371 e. The monoisotopic (exact) mass is 488 g/mol. The summed E-state index contributed by atoms with van der Waals surface area (Å²) in [5.41, 5.74) is 2.75. The van der Waals surface area contributed by atoms with Crippen LogP contribution < -0.4 is 9.80 Å². The molecule has 0 atom stereocenters. The number of fused-ring (bicyclic) bond motifs is 2. The van der Waals surface area contributed by atoms with Gasteiger partial charge in [0.25, 0.3) is 5.91 Å². The maximum atomic E-state index is 14.4. The summed E-state index contributed by atoms with van der Waals surface area (Å²) in [4.78, 5) is 17.3. The van der Waals surface area contributed by atoms with E-state index in [-0.39, 0.29) is 16.9 Å². The fourth-order valence-corrected chi connectivity index (χ4v) is 5.37. The maximum Gasteiger partial charge on any atom is 0.261 e. The molecule has 2 aliphatic heterocycles. The fraction of sp³-hybridized carbons (Fsp3) is 0.240. The number of rotatable bonds is 2. The molecule has 0 aliphatic carbocycles. The molecule has 0 bridgehead atoms. The number of nitrogens with zero attached hydrogens (tertiary/aromatic N) is 2. The minimum Gasteiger partial charge on any atom is -0.371 e. The summed E-state index contributed by atoms with van der Waals surface area (Å²) in [6.45, 7) is 2.10. The molecule has 1 amide bonds. The Morgan fingerprint density at radius 2 is 1.66 bits per heavy atom. The van der Waals surface area contributed by atoms with Crippen LogP contribution in [0.15, 0.2) is 60.7 Å². The lowest BCUT2D eigenvalue weighted by Gasteiger charge is -2.41. The van der Waals surface area contributed by atoms with Crippen molar-refractivity contribution in [2.45, 2.75) is 18.3 Å². The zero-order valence-corrected chi connectivity index (χ0v) is 19.4. The standard InChI is InChI=1S/C25H20Cl3FN2O/c26-16-5-8-23-19(13-16)25(15-31(23)24(32)18-3-1-2-4-22(18)29)9-11-30(12-10-25)17-6-7-20(27)21(28)14-17/h1-8,13-14H,9-12,15H2. The van der Waals surface area contributed by atoms with Gasteiger partial charge in [-0.05, 0) is 66.9 Å². The van der Waals surface area contributed by atoms with Crippen molar-refractivity contribution in [3.8, 4) is 0 Å². The highest BCUT2D eigenvalue weighted by Crippen LogP contribution is 2.49. The third-order valence-electron chi connectivity index (χ3n) is 6.62. The summed E-state index contributed by atoms with van der Waals surface area (Å²) in [5.74, 6) is -0.834. The van der Waals surface area contributed by atoms with Crippen molar-refractivity contribution in [1.82, 2.24) is 0 Å². The van der Waals surface area contributed by atoms with Gasteiger partial charge in [0, 0.05) is 41.4 Å².